The molecular weight excluding hydrogens is 360 g/mol. The van der Waals surface area contributed by atoms with E-state index in [0.717, 1.165) is 42.7 Å². The minimum Gasteiger partial charge on any atom is -0.357 e. The van der Waals surface area contributed by atoms with Crippen LogP contribution in [0.2, 0.25) is 0 Å². The molecule has 0 spiro atoms. The molecule has 6 heteroatoms. The number of nitrogens with zero attached hydrogens (tertiary/aromatic N) is 4. The molecule has 2 aromatic rings. The average Bonchev–Trinajstić information content (AvgIpc) is 3.33. The fourth-order valence-corrected chi connectivity index (χ4v) is 3.97. The second kappa shape index (κ2) is 10.4. The van der Waals surface area contributed by atoms with Gasteiger partial charge in [-0.15, -0.1) is 0 Å². The fraction of sp³-hybridized carbons (Fsp3) is 0.565. The third kappa shape index (κ3) is 6.07. The van der Waals surface area contributed by atoms with E-state index in [9.17, 15) is 0 Å². The van der Waals surface area contributed by atoms with Crippen molar-refractivity contribution in [1.82, 2.24) is 25.3 Å². The van der Waals surface area contributed by atoms with Gasteiger partial charge in [0.2, 0.25) is 0 Å². The Balaban J connectivity index is 1.65. The van der Waals surface area contributed by atoms with E-state index in [1.165, 1.54) is 31.5 Å². The van der Waals surface area contributed by atoms with Crippen LogP contribution in [0.5, 0.6) is 0 Å². The third-order valence-electron chi connectivity index (χ3n) is 5.37. The first kappa shape index (κ1) is 21.4. The van der Waals surface area contributed by atoms with E-state index in [-0.39, 0.29) is 0 Å². The molecule has 0 radical (unpaired) electrons. The molecule has 29 heavy (non-hydrogen) atoms. The quantitative estimate of drug-likeness (QED) is 0.531. The molecule has 1 saturated heterocycles. The number of para-hydroxylation sites is 1. The number of aliphatic imine (C=N–C) groups is 1. The summed E-state index contributed by atoms with van der Waals surface area (Å²) in [5, 5.41) is 11.6. The molecule has 0 amide bonds. The van der Waals surface area contributed by atoms with Crippen LogP contribution in [0.1, 0.15) is 43.6 Å². The number of guanidine groups is 1. The topological polar surface area (TPSA) is 57.5 Å². The van der Waals surface area contributed by atoms with Crippen LogP contribution < -0.4 is 10.6 Å². The first-order chi connectivity index (χ1) is 14.1. The SMILES string of the molecule is CCNC(=NCc1ccccc1-n1nc(C)cc1C)NCC(C)CN1CCCC1. The van der Waals surface area contributed by atoms with Crippen LogP contribution in [0.15, 0.2) is 35.3 Å². The molecule has 1 atom stereocenters. The van der Waals surface area contributed by atoms with Crippen molar-refractivity contribution >= 4 is 5.96 Å². The molecule has 0 saturated carbocycles. The van der Waals surface area contributed by atoms with Crippen molar-refractivity contribution in [1.29, 1.82) is 0 Å². The van der Waals surface area contributed by atoms with Crippen molar-refractivity contribution in [3.63, 3.8) is 0 Å². The van der Waals surface area contributed by atoms with Gasteiger partial charge in [-0.1, -0.05) is 25.1 Å². The van der Waals surface area contributed by atoms with Crippen molar-refractivity contribution in [3.8, 4) is 5.69 Å². The lowest BCUT2D eigenvalue weighted by molar-refractivity contribution is 0.287. The summed E-state index contributed by atoms with van der Waals surface area (Å²) in [7, 11) is 0. The molecule has 0 bridgehead atoms. The summed E-state index contributed by atoms with van der Waals surface area (Å²) < 4.78 is 2.01. The van der Waals surface area contributed by atoms with E-state index in [1.807, 2.05) is 11.6 Å². The van der Waals surface area contributed by atoms with E-state index in [2.05, 4.69) is 71.7 Å². The molecule has 2 heterocycles. The molecule has 1 aromatic carbocycles. The Kier molecular flexibility index (Phi) is 7.69. The van der Waals surface area contributed by atoms with Crippen molar-refractivity contribution in [2.24, 2.45) is 10.9 Å². The van der Waals surface area contributed by atoms with Crippen LogP contribution in [0.3, 0.4) is 0 Å². The number of hydrogen-bond acceptors (Lipinski definition) is 3. The minimum atomic E-state index is 0.596. The van der Waals surface area contributed by atoms with Crippen LogP contribution in [-0.2, 0) is 6.54 Å². The Morgan fingerprint density at radius 1 is 1.17 bits per heavy atom. The molecule has 0 aliphatic carbocycles. The lowest BCUT2D eigenvalue weighted by Crippen LogP contribution is -2.41. The van der Waals surface area contributed by atoms with Gasteiger partial charge in [-0.2, -0.15) is 5.10 Å². The minimum absolute atomic E-state index is 0.596. The Morgan fingerprint density at radius 3 is 2.62 bits per heavy atom. The molecule has 3 rings (SSSR count). The van der Waals surface area contributed by atoms with Gasteiger partial charge < -0.3 is 15.5 Å². The second-order valence-corrected chi connectivity index (χ2v) is 8.16. The Hall–Kier alpha value is -2.34. The van der Waals surface area contributed by atoms with Crippen molar-refractivity contribution in [2.75, 3.05) is 32.7 Å². The van der Waals surface area contributed by atoms with E-state index < -0.39 is 0 Å². The Bertz CT molecular complexity index is 803. The summed E-state index contributed by atoms with van der Waals surface area (Å²) in [6.07, 6.45) is 2.69. The number of hydrogen-bond donors (Lipinski definition) is 2. The highest BCUT2D eigenvalue weighted by Crippen LogP contribution is 2.18. The summed E-state index contributed by atoms with van der Waals surface area (Å²) >= 11 is 0. The standard InChI is InChI=1S/C23H36N6/c1-5-24-23(25-15-18(2)17-28-12-8-9-13-28)26-16-21-10-6-7-11-22(21)29-20(4)14-19(3)27-29/h6-7,10-11,14,18H,5,8-9,12-13,15-17H2,1-4H3,(H2,24,25,26). The summed E-state index contributed by atoms with van der Waals surface area (Å²) in [6, 6.07) is 10.5. The highest BCUT2D eigenvalue weighted by molar-refractivity contribution is 5.79. The van der Waals surface area contributed by atoms with Crippen LogP contribution >= 0.6 is 0 Å². The molecule has 1 unspecified atom stereocenters. The molecule has 1 aliphatic heterocycles. The molecule has 2 N–H and O–H groups in total. The van der Waals surface area contributed by atoms with E-state index in [4.69, 9.17) is 4.99 Å². The highest BCUT2D eigenvalue weighted by Gasteiger charge is 2.15. The van der Waals surface area contributed by atoms with E-state index in [0.29, 0.717) is 12.5 Å². The number of nitrogens with one attached hydrogen (secondary N) is 2. The first-order valence-electron chi connectivity index (χ1n) is 10.9. The third-order valence-corrected chi connectivity index (χ3v) is 5.37. The van der Waals surface area contributed by atoms with Gasteiger partial charge in [0.1, 0.15) is 0 Å². The van der Waals surface area contributed by atoms with Gasteiger partial charge >= 0.3 is 0 Å². The predicted octanol–water partition coefficient (Wildman–Crippen LogP) is 3.28. The molecule has 1 aromatic heterocycles. The van der Waals surface area contributed by atoms with Gasteiger partial charge in [0.25, 0.3) is 0 Å². The van der Waals surface area contributed by atoms with Crippen LogP contribution in [0.4, 0.5) is 0 Å². The maximum absolute atomic E-state index is 4.85. The maximum atomic E-state index is 4.85. The summed E-state index contributed by atoms with van der Waals surface area (Å²) in [5.41, 5.74) is 4.43. The number of likely N-dealkylation sites (tertiary alicyclic amines) is 1. The Labute approximate surface area is 175 Å². The number of benzene rings is 1. The van der Waals surface area contributed by atoms with Gasteiger partial charge in [-0.05, 0) is 70.3 Å². The van der Waals surface area contributed by atoms with Gasteiger partial charge in [-0.25, -0.2) is 9.67 Å². The molecular formula is C23H36N6. The zero-order valence-electron chi connectivity index (χ0n) is 18.4. The van der Waals surface area contributed by atoms with Crippen molar-refractivity contribution < 1.29 is 0 Å². The monoisotopic (exact) mass is 396 g/mol. The maximum Gasteiger partial charge on any atom is 0.191 e. The van der Waals surface area contributed by atoms with Gasteiger partial charge in [0.15, 0.2) is 5.96 Å². The lowest BCUT2D eigenvalue weighted by Gasteiger charge is -2.21. The number of aromatic nitrogens is 2. The summed E-state index contributed by atoms with van der Waals surface area (Å²) in [5.74, 6) is 1.47. The van der Waals surface area contributed by atoms with Crippen LogP contribution in [0, 0.1) is 19.8 Å². The van der Waals surface area contributed by atoms with E-state index in [1.54, 1.807) is 0 Å². The van der Waals surface area contributed by atoms with E-state index >= 15 is 0 Å². The largest absolute Gasteiger partial charge is 0.357 e. The second-order valence-electron chi connectivity index (χ2n) is 8.16. The highest BCUT2D eigenvalue weighted by atomic mass is 15.3. The lowest BCUT2D eigenvalue weighted by atomic mass is 10.1. The Morgan fingerprint density at radius 2 is 1.93 bits per heavy atom. The molecule has 1 fully saturated rings. The summed E-state index contributed by atoms with van der Waals surface area (Å²) in [6.45, 7) is 14.6. The fourth-order valence-electron chi connectivity index (χ4n) is 3.97. The van der Waals surface area contributed by atoms with Gasteiger partial charge in [0, 0.05) is 25.3 Å². The smallest absolute Gasteiger partial charge is 0.191 e. The molecule has 6 nitrogen and oxygen atoms in total. The van der Waals surface area contributed by atoms with Crippen LogP contribution in [-0.4, -0.2) is 53.4 Å². The van der Waals surface area contributed by atoms with Gasteiger partial charge in [0.05, 0.1) is 17.9 Å². The van der Waals surface area contributed by atoms with Crippen molar-refractivity contribution in [3.05, 3.63) is 47.3 Å². The zero-order chi connectivity index (χ0) is 20.6. The molecule has 158 valence electrons. The average molecular weight is 397 g/mol. The number of aryl methyl sites for hydroxylation is 2. The number of rotatable bonds is 8. The predicted molar refractivity (Wildman–Crippen MR) is 121 cm³/mol. The normalized spacial score (nSPS) is 16.2. The van der Waals surface area contributed by atoms with Crippen molar-refractivity contribution in [2.45, 2.75) is 47.1 Å². The van der Waals surface area contributed by atoms with Gasteiger partial charge in [-0.3, -0.25) is 0 Å². The summed E-state index contributed by atoms with van der Waals surface area (Å²) in [4.78, 5) is 7.42. The zero-order valence-corrected chi connectivity index (χ0v) is 18.4. The molecule has 1 aliphatic rings. The van der Waals surface area contributed by atoms with Crippen LogP contribution in [0.25, 0.3) is 5.69 Å². The first-order valence-corrected chi connectivity index (χ1v) is 10.9.